The number of aromatic nitrogens is 2. The molecule has 0 unspecified atom stereocenters. The largest absolute Gasteiger partial charge is 0.241 e. The van der Waals surface area contributed by atoms with Crippen LogP contribution in [0, 0.1) is 6.92 Å². The van der Waals surface area contributed by atoms with Crippen molar-refractivity contribution < 1.29 is 0 Å². The van der Waals surface area contributed by atoms with Gasteiger partial charge in [0.15, 0.2) is 0 Å². The van der Waals surface area contributed by atoms with Crippen LogP contribution in [0.4, 0.5) is 0 Å². The summed E-state index contributed by atoms with van der Waals surface area (Å²) in [6.07, 6.45) is 2.64. The molecule has 0 atom stereocenters. The van der Waals surface area contributed by atoms with Gasteiger partial charge in [-0.05, 0) is 35.8 Å². The molecule has 0 aromatic carbocycles. The summed E-state index contributed by atoms with van der Waals surface area (Å²) in [5.74, 6) is 1.66. The second-order valence-corrected chi connectivity index (χ2v) is 4.63. The zero-order valence-electron chi connectivity index (χ0n) is 8.47. The van der Waals surface area contributed by atoms with Crippen LogP contribution in [-0.2, 0) is 6.42 Å². The Balaban J connectivity index is 2.37. The minimum Gasteiger partial charge on any atom is -0.241 e. The van der Waals surface area contributed by atoms with Crippen molar-refractivity contribution in [2.45, 2.75) is 13.3 Å². The lowest BCUT2D eigenvalue weighted by molar-refractivity contribution is 0.954. The van der Waals surface area contributed by atoms with Gasteiger partial charge in [0.2, 0.25) is 0 Å². The van der Waals surface area contributed by atoms with Crippen LogP contribution in [-0.4, -0.2) is 15.7 Å². The fourth-order valence-electron chi connectivity index (χ4n) is 1.38. The number of aryl methyl sites for hydroxylation is 2. The van der Waals surface area contributed by atoms with E-state index in [0.717, 1.165) is 23.7 Å². The van der Waals surface area contributed by atoms with Crippen molar-refractivity contribution in [3.05, 3.63) is 35.1 Å². The number of rotatable bonds is 3. The highest BCUT2D eigenvalue weighted by Crippen LogP contribution is 2.26. The molecule has 0 amide bonds. The van der Waals surface area contributed by atoms with Crippen molar-refractivity contribution in [3.8, 4) is 10.6 Å². The second-order valence-electron chi connectivity index (χ2n) is 3.26. The van der Waals surface area contributed by atoms with Gasteiger partial charge in [-0.2, -0.15) is 12.6 Å². The molecule has 0 spiro atoms. The zero-order chi connectivity index (χ0) is 10.7. The summed E-state index contributed by atoms with van der Waals surface area (Å²) < 4.78 is 0. The molecule has 0 saturated carbocycles. The van der Waals surface area contributed by atoms with E-state index in [2.05, 4.69) is 41.0 Å². The Labute approximate surface area is 98.8 Å². The van der Waals surface area contributed by atoms with Crippen LogP contribution in [0.15, 0.2) is 23.7 Å². The first-order valence-electron chi connectivity index (χ1n) is 4.78. The van der Waals surface area contributed by atoms with Crippen molar-refractivity contribution in [2.24, 2.45) is 0 Å². The van der Waals surface area contributed by atoms with Crippen molar-refractivity contribution >= 4 is 24.0 Å². The average Bonchev–Trinajstić information content (AvgIpc) is 2.65. The predicted octanol–water partition coefficient (Wildman–Crippen LogP) is 2.99. The van der Waals surface area contributed by atoms with Gasteiger partial charge in [-0.3, -0.25) is 0 Å². The normalized spacial score (nSPS) is 10.5. The van der Waals surface area contributed by atoms with Crippen LogP contribution in [0.5, 0.6) is 0 Å². The molecule has 0 radical (unpaired) electrons. The molecular formula is C11H12N2S2. The summed E-state index contributed by atoms with van der Waals surface area (Å²) >= 11 is 5.90. The van der Waals surface area contributed by atoms with E-state index in [1.807, 2.05) is 12.3 Å². The SMILES string of the molecule is Cc1ccsc1-c1ccnc(CCS)n1. The van der Waals surface area contributed by atoms with Gasteiger partial charge in [-0.1, -0.05) is 0 Å². The van der Waals surface area contributed by atoms with E-state index >= 15 is 0 Å². The highest BCUT2D eigenvalue weighted by Gasteiger charge is 2.05. The first-order chi connectivity index (χ1) is 7.31. The summed E-state index contributed by atoms with van der Waals surface area (Å²) in [6, 6.07) is 4.07. The van der Waals surface area contributed by atoms with Crippen LogP contribution in [0.25, 0.3) is 10.6 Å². The molecular weight excluding hydrogens is 224 g/mol. The van der Waals surface area contributed by atoms with Gasteiger partial charge in [-0.15, -0.1) is 11.3 Å². The number of hydrogen-bond donors (Lipinski definition) is 1. The van der Waals surface area contributed by atoms with E-state index in [4.69, 9.17) is 0 Å². The highest BCUT2D eigenvalue weighted by atomic mass is 32.1. The van der Waals surface area contributed by atoms with Crippen molar-refractivity contribution in [3.63, 3.8) is 0 Å². The molecule has 2 rings (SSSR count). The lowest BCUT2D eigenvalue weighted by atomic mass is 10.2. The summed E-state index contributed by atoms with van der Waals surface area (Å²) in [6.45, 7) is 2.10. The third-order valence-electron chi connectivity index (χ3n) is 2.14. The van der Waals surface area contributed by atoms with Gasteiger partial charge in [0, 0.05) is 12.6 Å². The number of thiophene rings is 1. The molecule has 2 aromatic heterocycles. The molecule has 0 aliphatic carbocycles. The Morgan fingerprint density at radius 3 is 2.93 bits per heavy atom. The van der Waals surface area contributed by atoms with E-state index < -0.39 is 0 Å². The maximum absolute atomic E-state index is 4.52. The first-order valence-corrected chi connectivity index (χ1v) is 6.29. The van der Waals surface area contributed by atoms with Crippen LogP contribution < -0.4 is 0 Å². The average molecular weight is 236 g/mol. The minimum atomic E-state index is 0.785. The predicted molar refractivity (Wildman–Crippen MR) is 67.6 cm³/mol. The molecule has 2 heterocycles. The summed E-state index contributed by atoms with van der Waals surface area (Å²) in [5, 5.41) is 2.09. The standard InChI is InChI=1S/C11H12N2S2/c1-8-4-7-15-11(8)9-2-5-12-10(13-9)3-6-14/h2,4-5,7,14H,3,6H2,1H3. The Morgan fingerprint density at radius 1 is 1.40 bits per heavy atom. The quantitative estimate of drug-likeness (QED) is 0.829. The van der Waals surface area contributed by atoms with Crippen LogP contribution >= 0.6 is 24.0 Å². The summed E-state index contributed by atoms with van der Waals surface area (Å²) in [7, 11) is 0. The van der Waals surface area contributed by atoms with Crippen LogP contribution in [0.2, 0.25) is 0 Å². The molecule has 78 valence electrons. The van der Waals surface area contributed by atoms with Crippen LogP contribution in [0.3, 0.4) is 0 Å². The van der Waals surface area contributed by atoms with E-state index in [9.17, 15) is 0 Å². The molecule has 0 bridgehead atoms. The topological polar surface area (TPSA) is 25.8 Å². The molecule has 4 heteroatoms. The van der Waals surface area contributed by atoms with E-state index in [0.29, 0.717) is 0 Å². The van der Waals surface area contributed by atoms with Crippen molar-refractivity contribution in [2.75, 3.05) is 5.75 Å². The highest BCUT2D eigenvalue weighted by molar-refractivity contribution is 7.80. The lowest BCUT2D eigenvalue weighted by Gasteiger charge is -2.01. The Bertz CT molecular complexity index is 451. The van der Waals surface area contributed by atoms with Gasteiger partial charge in [-0.25, -0.2) is 9.97 Å². The van der Waals surface area contributed by atoms with E-state index in [1.165, 1.54) is 10.4 Å². The fraction of sp³-hybridized carbons (Fsp3) is 0.273. The molecule has 0 aliphatic rings. The van der Waals surface area contributed by atoms with Gasteiger partial charge in [0.1, 0.15) is 5.82 Å². The molecule has 15 heavy (non-hydrogen) atoms. The molecule has 0 fully saturated rings. The Kier molecular flexibility index (Phi) is 3.38. The molecule has 2 nitrogen and oxygen atoms in total. The van der Waals surface area contributed by atoms with Crippen LogP contribution in [0.1, 0.15) is 11.4 Å². The lowest BCUT2D eigenvalue weighted by Crippen LogP contribution is -1.96. The van der Waals surface area contributed by atoms with Gasteiger partial charge >= 0.3 is 0 Å². The molecule has 2 aromatic rings. The first kappa shape index (κ1) is 10.6. The summed E-state index contributed by atoms with van der Waals surface area (Å²) in [4.78, 5) is 9.96. The van der Waals surface area contributed by atoms with Gasteiger partial charge in [0.05, 0.1) is 10.6 Å². The Hall–Kier alpha value is -0.870. The van der Waals surface area contributed by atoms with Crippen molar-refractivity contribution in [1.29, 1.82) is 0 Å². The monoisotopic (exact) mass is 236 g/mol. The fourth-order valence-corrected chi connectivity index (χ4v) is 2.48. The molecule has 0 saturated heterocycles. The maximum atomic E-state index is 4.52. The van der Waals surface area contributed by atoms with E-state index in [1.54, 1.807) is 11.3 Å². The third-order valence-corrected chi connectivity index (χ3v) is 3.40. The Morgan fingerprint density at radius 2 is 2.27 bits per heavy atom. The minimum absolute atomic E-state index is 0.785. The smallest absolute Gasteiger partial charge is 0.129 e. The van der Waals surface area contributed by atoms with Gasteiger partial charge < -0.3 is 0 Å². The number of nitrogens with zero attached hydrogens (tertiary/aromatic N) is 2. The second kappa shape index (κ2) is 4.77. The third kappa shape index (κ3) is 2.38. The zero-order valence-corrected chi connectivity index (χ0v) is 10.2. The number of thiol groups is 1. The maximum Gasteiger partial charge on any atom is 0.129 e. The molecule has 0 aliphatic heterocycles. The van der Waals surface area contributed by atoms with E-state index in [-0.39, 0.29) is 0 Å². The summed E-state index contributed by atoms with van der Waals surface area (Å²) in [5.41, 5.74) is 2.30. The van der Waals surface area contributed by atoms with Crippen molar-refractivity contribution in [1.82, 2.24) is 9.97 Å². The molecule has 0 N–H and O–H groups in total. The number of hydrogen-bond acceptors (Lipinski definition) is 4. The van der Waals surface area contributed by atoms with Gasteiger partial charge in [0.25, 0.3) is 0 Å².